The zero-order chi connectivity index (χ0) is 5.28. The molecule has 1 heterocycles. The Kier molecular flexibility index (Phi) is 1.39. The first kappa shape index (κ1) is 5.18. The quantitative estimate of drug-likeness (QED) is 0.397. The van der Waals surface area contributed by atoms with Gasteiger partial charge in [0.15, 0.2) is 0 Å². The zero-order valence-corrected chi connectivity index (χ0v) is 5.60. The minimum Gasteiger partial charge on any atom is -0.248 e. The van der Waals surface area contributed by atoms with Gasteiger partial charge in [0.2, 0.25) is 0 Å². The molecule has 7 heavy (non-hydrogen) atoms. The second-order valence-corrected chi connectivity index (χ2v) is 4.49. The first-order valence-electron chi connectivity index (χ1n) is 1.81. The molecule has 0 aliphatic carbocycles. The average molecular weight is 134 g/mol. The molecule has 1 aliphatic rings. The molecule has 1 rings (SSSR count). The molecule has 1 N–H and O–H groups in total. The van der Waals surface area contributed by atoms with Gasteiger partial charge in [0.25, 0.3) is 0 Å². The highest BCUT2D eigenvalue weighted by molar-refractivity contribution is 8.88. The molecule has 0 bridgehead atoms. The lowest BCUT2D eigenvalue weighted by molar-refractivity contribution is 1.13. The van der Waals surface area contributed by atoms with E-state index >= 15 is 0 Å². The van der Waals surface area contributed by atoms with E-state index in [0.717, 1.165) is 5.04 Å². The van der Waals surface area contributed by atoms with Crippen molar-refractivity contribution in [2.24, 2.45) is 5.10 Å². The molecule has 0 radical (unpaired) electrons. The van der Waals surface area contributed by atoms with Crippen LogP contribution in [0.3, 0.4) is 0 Å². The maximum atomic E-state index is 3.90. The molecule has 0 aromatic carbocycles. The van der Waals surface area contributed by atoms with Crippen molar-refractivity contribution in [3.8, 4) is 0 Å². The fraction of sp³-hybridized carbons (Fsp3) is 0.333. The monoisotopic (exact) mass is 134 g/mol. The van der Waals surface area contributed by atoms with Crippen molar-refractivity contribution < 1.29 is 0 Å². The van der Waals surface area contributed by atoms with Gasteiger partial charge in [-0.05, 0) is 33.3 Å². The molecule has 1 aliphatic heterocycles. The molecule has 0 saturated heterocycles. The van der Waals surface area contributed by atoms with Gasteiger partial charge in [-0.15, -0.1) is 0 Å². The Balaban J connectivity index is 2.58. The van der Waals surface area contributed by atoms with Crippen LogP contribution in [0.15, 0.2) is 5.10 Å². The second kappa shape index (κ2) is 1.88. The minimum absolute atomic E-state index is 0.0100. The highest BCUT2D eigenvalue weighted by Crippen LogP contribution is 2.30. The van der Waals surface area contributed by atoms with Gasteiger partial charge in [-0.3, -0.25) is 0 Å². The van der Waals surface area contributed by atoms with E-state index in [1.807, 2.05) is 6.92 Å². The Morgan fingerprint density at radius 1 is 2.00 bits per heavy atom. The molecule has 0 saturated carbocycles. The largest absolute Gasteiger partial charge is 0.248 e. The molecule has 40 valence electrons. The first-order chi connectivity index (χ1) is 3.29. The van der Waals surface area contributed by atoms with Crippen LogP contribution in [-0.4, -0.2) is 10.9 Å². The van der Waals surface area contributed by atoms with Crippen LogP contribution in [0.25, 0.3) is 0 Å². The Morgan fingerprint density at radius 2 is 2.71 bits per heavy atom. The van der Waals surface area contributed by atoms with Crippen LogP contribution in [0.2, 0.25) is 0 Å². The van der Waals surface area contributed by atoms with Gasteiger partial charge in [0.1, 0.15) is 5.04 Å². The van der Waals surface area contributed by atoms with E-state index in [1.165, 1.54) is 0 Å². The molecular weight excluding hydrogens is 128 g/mol. The SMILES string of the molecule is C=S1NN=C(C)S1. The fourth-order valence-electron chi connectivity index (χ4n) is 0.298. The topological polar surface area (TPSA) is 24.4 Å². The van der Waals surface area contributed by atoms with Gasteiger partial charge < -0.3 is 0 Å². The third-order valence-corrected chi connectivity index (χ3v) is 2.91. The van der Waals surface area contributed by atoms with Gasteiger partial charge in [-0.25, -0.2) is 4.83 Å². The van der Waals surface area contributed by atoms with E-state index in [0.29, 0.717) is 0 Å². The average Bonchev–Trinajstić information content (AvgIpc) is 1.87. The summed E-state index contributed by atoms with van der Waals surface area (Å²) in [6.07, 6.45) is 0. The highest BCUT2D eigenvalue weighted by Gasteiger charge is 2.01. The maximum absolute atomic E-state index is 3.90. The molecule has 4 heteroatoms. The van der Waals surface area contributed by atoms with Crippen molar-refractivity contribution in [2.75, 3.05) is 0 Å². The molecule has 0 spiro atoms. The predicted octanol–water partition coefficient (Wildman–Crippen LogP) is 1.19. The van der Waals surface area contributed by atoms with Crippen molar-refractivity contribution >= 4 is 31.4 Å². The molecule has 0 aromatic rings. The fourth-order valence-corrected chi connectivity index (χ4v) is 2.21. The summed E-state index contributed by atoms with van der Waals surface area (Å²) in [5, 5.41) is 4.98. The second-order valence-electron chi connectivity index (χ2n) is 1.15. The van der Waals surface area contributed by atoms with Gasteiger partial charge in [0, 0.05) is 0 Å². The third-order valence-electron chi connectivity index (χ3n) is 0.526. The third kappa shape index (κ3) is 1.21. The van der Waals surface area contributed by atoms with Crippen LogP contribution in [-0.2, 0) is 0 Å². The lowest BCUT2D eigenvalue weighted by Gasteiger charge is -1.86. The molecular formula is C3H6N2S2. The summed E-state index contributed by atoms with van der Waals surface area (Å²) in [6.45, 7) is 1.97. The van der Waals surface area contributed by atoms with Crippen LogP contribution >= 0.6 is 20.5 Å². The summed E-state index contributed by atoms with van der Waals surface area (Å²) < 4.78 is 0. The number of nitrogens with zero attached hydrogens (tertiary/aromatic N) is 1. The summed E-state index contributed by atoms with van der Waals surface area (Å²) in [6, 6.07) is 0. The summed E-state index contributed by atoms with van der Waals surface area (Å²) >= 11 is 0. The molecule has 0 amide bonds. The van der Waals surface area contributed by atoms with E-state index in [1.54, 1.807) is 10.8 Å². The minimum atomic E-state index is 0.0100. The van der Waals surface area contributed by atoms with E-state index in [4.69, 9.17) is 0 Å². The number of rotatable bonds is 0. The number of hydrazone groups is 1. The van der Waals surface area contributed by atoms with Gasteiger partial charge in [0.05, 0.1) is 0 Å². The number of hydrogen-bond acceptors (Lipinski definition) is 3. The Bertz CT molecular complexity index is 129. The summed E-state index contributed by atoms with van der Waals surface area (Å²) in [5.41, 5.74) is 0. The van der Waals surface area contributed by atoms with Crippen LogP contribution in [0.5, 0.6) is 0 Å². The van der Waals surface area contributed by atoms with E-state index in [-0.39, 0.29) is 9.70 Å². The van der Waals surface area contributed by atoms with Crippen molar-refractivity contribution in [2.45, 2.75) is 6.92 Å². The van der Waals surface area contributed by atoms with E-state index in [2.05, 4.69) is 15.8 Å². The van der Waals surface area contributed by atoms with Gasteiger partial charge in [-0.2, -0.15) is 5.10 Å². The lowest BCUT2D eigenvalue weighted by atomic mass is 10.9. The maximum Gasteiger partial charge on any atom is 0.103 e. The summed E-state index contributed by atoms with van der Waals surface area (Å²) in [4.78, 5) is 2.84. The van der Waals surface area contributed by atoms with Crippen LogP contribution in [0, 0.1) is 0 Å². The van der Waals surface area contributed by atoms with Crippen molar-refractivity contribution in [1.29, 1.82) is 0 Å². The number of nitrogens with one attached hydrogen (secondary N) is 1. The van der Waals surface area contributed by atoms with Gasteiger partial charge >= 0.3 is 0 Å². The van der Waals surface area contributed by atoms with E-state index in [9.17, 15) is 0 Å². The number of hydrogen-bond donors (Lipinski definition) is 1. The highest BCUT2D eigenvalue weighted by atomic mass is 33.1. The molecule has 1 atom stereocenters. The van der Waals surface area contributed by atoms with Crippen LogP contribution < -0.4 is 4.83 Å². The first-order valence-corrected chi connectivity index (χ1v) is 4.54. The van der Waals surface area contributed by atoms with Crippen molar-refractivity contribution in [3.05, 3.63) is 0 Å². The van der Waals surface area contributed by atoms with Crippen LogP contribution in [0.1, 0.15) is 6.92 Å². The Hall–Kier alpha value is 0.0400. The zero-order valence-electron chi connectivity index (χ0n) is 3.97. The standard InChI is InChI=1S/C3H6N2S2/c1-3-4-5-7(2)6-3/h5H,2H2,1H3. The summed E-state index contributed by atoms with van der Waals surface area (Å²) in [7, 11) is 1.69. The molecule has 2 nitrogen and oxygen atoms in total. The Morgan fingerprint density at radius 3 is 2.86 bits per heavy atom. The van der Waals surface area contributed by atoms with E-state index < -0.39 is 0 Å². The Labute approximate surface area is 48.8 Å². The van der Waals surface area contributed by atoms with Crippen molar-refractivity contribution in [1.82, 2.24) is 4.83 Å². The molecule has 1 unspecified atom stereocenters. The normalized spacial score (nSPS) is 29.3. The van der Waals surface area contributed by atoms with Crippen molar-refractivity contribution in [3.63, 3.8) is 0 Å². The lowest BCUT2D eigenvalue weighted by Crippen LogP contribution is -1.83. The van der Waals surface area contributed by atoms with Gasteiger partial charge in [-0.1, -0.05) is 0 Å². The molecule has 0 aromatic heterocycles. The summed E-state index contributed by atoms with van der Waals surface area (Å²) in [5.74, 6) is 3.75. The molecule has 0 fully saturated rings. The van der Waals surface area contributed by atoms with Crippen LogP contribution in [0.4, 0.5) is 0 Å². The predicted molar refractivity (Wildman–Crippen MR) is 38.5 cm³/mol. The smallest absolute Gasteiger partial charge is 0.103 e.